The fourth-order valence-electron chi connectivity index (χ4n) is 2.13. The number of nitrogens with one attached hydrogen (secondary N) is 2. The highest BCUT2D eigenvalue weighted by atomic mass is 35.5. The second kappa shape index (κ2) is 4.35. The van der Waals surface area contributed by atoms with Gasteiger partial charge in [0.15, 0.2) is 17.1 Å². The lowest BCUT2D eigenvalue weighted by Gasteiger charge is -2.34. The molecule has 0 saturated heterocycles. The largest absolute Gasteiger partial charge is 0.623 e. The highest BCUT2D eigenvalue weighted by Gasteiger charge is 2.31. The Labute approximate surface area is 118 Å². The summed E-state index contributed by atoms with van der Waals surface area (Å²) in [6, 6.07) is 6.85. The Morgan fingerprint density at radius 3 is 1.84 bits per heavy atom. The van der Waals surface area contributed by atoms with Crippen molar-refractivity contribution in [1.29, 1.82) is 0 Å². The number of quaternary nitrogens is 2. The minimum absolute atomic E-state index is 0.0663. The van der Waals surface area contributed by atoms with E-state index >= 15 is 0 Å². The van der Waals surface area contributed by atoms with Crippen molar-refractivity contribution in [2.45, 2.75) is 0 Å². The van der Waals surface area contributed by atoms with Gasteiger partial charge in [-0.15, -0.1) is 0 Å². The molecule has 0 fully saturated rings. The molecule has 1 heterocycles. The normalized spacial score (nSPS) is 20.8. The molecule has 2 atom stereocenters. The van der Waals surface area contributed by atoms with E-state index < -0.39 is 0 Å². The Hall–Kier alpha value is -1.34. The molecule has 2 aromatic rings. The molecule has 1 aliphatic heterocycles. The fraction of sp³-hybridized carbons (Fsp3) is 0. The second-order valence-electron chi connectivity index (χ2n) is 4.20. The molecular weight excluding hydrogens is 291 g/mol. The molecule has 19 heavy (non-hydrogen) atoms. The number of hydrogen-bond donors (Lipinski definition) is 3. The van der Waals surface area contributed by atoms with Gasteiger partial charge >= 0.3 is 0 Å². The first-order valence-electron chi connectivity index (χ1n) is 5.40. The van der Waals surface area contributed by atoms with Crippen LogP contribution < -0.4 is 10.1 Å². The van der Waals surface area contributed by atoms with Crippen LogP contribution in [0.3, 0.4) is 0 Å². The molecule has 0 amide bonds. The average Bonchev–Trinajstić information content (AvgIpc) is 2.38. The van der Waals surface area contributed by atoms with Crippen molar-refractivity contribution in [2.75, 3.05) is 0 Å². The molecule has 1 aliphatic rings. The summed E-state index contributed by atoms with van der Waals surface area (Å²) in [4.78, 5) is 0. The molecule has 3 rings (SSSR count). The smallest absolute Gasteiger partial charge is 0.202 e. The van der Waals surface area contributed by atoms with Crippen molar-refractivity contribution >= 4 is 46.0 Å². The number of aromatic hydroxyl groups is 1. The zero-order valence-corrected chi connectivity index (χ0v) is 10.9. The number of phenolic OH excluding ortho intramolecular Hbond substituents is 1. The van der Waals surface area contributed by atoms with Crippen LogP contribution in [0.5, 0.6) is 5.75 Å². The summed E-state index contributed by atoms with van der Waals surface area (Å²) in [5.41, 5.74) is 0.875. The summed E-state index contributed by atoms with van der Waals surface area (Å²) in [5, 5.41) is 33.8. The summed E-state index contributed by atoms with van der Waals surface area (Å²) in [6.45, 7) is 0. The van der Waals surface area contributed by atoms with E-state index in [0.717, 1.165) is 0 Å². The molecule has 0 aliphatic carbocycles. The number of rotatable bonds is 0. The standard InChI is InChI=1S/C12H8Cl2N2O3/c13-7-4-11-12(5-8(7)14)16(19)10-3-6(17)1-2-9(10)15(11)18/h1-5,15-17H. The van der Waals surface area contributed by atoms with Crippen molar-refractivity contribution in [2.24, 2.45) is 0 Å². The first-order chi connectivity index (χ1) is 8.99. The van der Waals surface area contributed by atoms with E-state index in [1.54, 1.807) is 0 Å². The Balaban J connectivity index is 2.26. The van der Waals surface area contributed by atoms with Gasteiger partial charge in [0.2, 0.25) is 5.69 Å². The Morgan fingerprint density at radius 2 is 1.26 bits per heavy atom. The zero-order chi connectivity index (χ0) is 13.7. The molecule has 0 spiro atoms. The van der Waals surface area contributed by atoms with Crippen LogP contribution in [0.25, 0.3) is 0 Å². The molecule has 0 radical (unpaired) electrons. The lowest BCUT2D eigenvalue weighted by Crippen LogP contribution is -3.07. The third kappa shape index (κ3) is 1.88. The monoisotopic (exact) mass is 298 g/mol. The van der Waals surface area contributed by atoms with Gasteiger partial charge in [-0.25, -0.2) is 0 Å². The van der Waals surface area contributed by atoms with Crippen LogP contribution in [0.15, 0.2) is 30.3 Å². The summed E-state index contributed by atoms with van der Waals surface area (Å²) >= 11 is 11.7. The topological polar surface area (TPSA) is 75.2 Å². The summed E-state index contributed by atoms with van der Waals surface area (Å²) in [5.74, 6) is -0.0663. The minimum atomic E-state index is -0.348. The summed E-state index contributed by atoms with van der Waals surface area (Å²) in [6.07, 6.45) is 0. The lowest BCUT2D eigenvalue weighted by atomic mass is 10.1. The van der Waals surface area contributed by atoms with E-state index in [0.29, 0.717) is 0 Å². The van der Waals surface area contributed by atoms with Crippen molar-refractivity contribution < 1.29 is 15.2 Å². The molecule has 3 N–H and O–H groups in total. The van der Waals surface area contributed by atoms with E-state index in [4.69, 9.17) is 23.2 Å². The van der Waals surface area contributed by atoms with Gasteiger partial charge in [0.1, 0.15) is 5.75 Å². The van der Waals surface area contributed by atoms with Crippen LogP contribution >= 0.6 is 23.2 Å². The van der Waals surface area contributed by atoms with Gasteiger partial charge in [-0.1, -0.05) is 23.2 Å². The number of fused-ring (bicyclic) bond motifs is 2. The molecule has 2 aromatic carbocycles. The van der Waals surface area contributed by atoms with Crippen LogP contribution in [-0.2, 0) is 0 Å². The average molecular weight is 299 g/mol. The highest BCUT2D eigenvalue weighted by Crippen LogP contribution is 2.34. The summed E-state index contributed by atoms with van der Waals surface area (Å²) < 4.78 is 0. The van der Waals surface area contributed by atoms with Crippen LogP contribution in [0, 0.1) is 10.4 Å². The predicted octanol–water partition coefficient (Wildman–Crippen LogP) is 1.70. The lowest BCUT2D eigenvalue weighted by molar-refractivity contribution is -0.762. The number of halogens is 2. The number of hydrogen-bond acceptors (Lipinski definition) is 3. The predicted molar refractivity (Wildman–Crippen MR) is 71.9 cm³/mol. The third-order valence-electron chi connectivity index (χ3n) is 3.04. The van der Waals surface area contributed by atoms with Crippen LogP contribution in [0.1, 0.15) is 0 Å². The van der Waals surface area contributed by atoms with Gasteiger partial charge in [0.25, 0.3) is 0 Å². The van der Waals surface area contributed by atoms with Crippen molar-refractivity contribution in [3.8, 4) is 5.75 Å². The molecule has 98 valence electrons. The van der Waals surface area contributed by atoms with Crippen molar-refractivity contribution in [3.63, 3.8) is 0 Å². The molecule has 5 nitrogen and oxygen atoms in total. The maximum Gasteiger partial charge on any atom is 0.202 e. The minimum Gasteiger partial charge on any atom is -0.623 e. The molecule has 0 saturated carbocycles. The van der Waals surface area contributed by atoms with Crippen molar-refractivity contribution in [1.82, 2.24) is 0 Å². The van der Waals surface area contributed by atoms with Gasteiger partial charge in [-0.2, -0.15) is 0 Å². The zero-order valence-electron chi connectivity index (χ0n) is 9.41. The van der Waals surface area contributed by atoms with E-state index in [1.807, 2.05) is 0 Å². The Morgan fingerprint density at radius 1 is 0.789 bits per heavy atom. The molecule has 0 aromatic heterocycles. The van der Waals surface area contributed by atoms with Gasteiger partial charge in [0, 0.05) is 24.3 Å². The molecule has 7 heteroatoms. The van der Waals surface area contributed by atoms with Gasteiger partial charge in [-0.3, -0.25) is 10.1 Å². The van der Waals surface area contributed by atoms with Gasteiger partial charge in [-0.05, 0) is 6.07 Å². The molecular formula is C12H8Cl2N2O3. The summed E-state index contributed by atoms with van der Waals surface area (Å²) in [7, 11) is 0. The van der Waals surface area contributed by atoms with Gasteiger partial charge < -0.3 is 15.5 Å². The van der Waals surface area contributed by atoms with E-state index in [1.165, 1.54) is 30.3 Å². The van der Waals surface area contributed by atoms with Crippen LogP contribution in [0.4, 0.5) is 22.7 Å². The van der Waals surface area contributed by atoms with Crippen molar-refractivity contribution in [3.05, 3.63) is 50.8 Å². The van der Waals surface area contributed by atoms with E-state index in [2.05, 4.69) is 0 Å². The highest BCUT2D eigenvalue weighted by molar-refractivity contribution is 6.42. The van der Waals surface area contributed by atoms with E-state index in [9.17, 15) is 15.5 Å². The first-order valence-corrected chi connectivity index (χ1v) is 6.16. The van der Waals surface area contributed by atoms with E-state index in [-0.39, 0.29) is 48.7 Å². The third-order valence-corrected chi connectivity index (χ3v) is 3.76. The molecule has 0 bridgehead atoms. The first kappa shape index (κ1) is 12.7. The Bertz CT molecular complexity index is 678. The Kier molecular flexibility index (Phi) is 2.90. The maximum absolute atomic E-state index is 12.3. The SMILES string of the molecule is [O-][NH+]1c2ccc(O)cc2[NH+]([O-])c2cc(Cl)c(Cl)cc21. The quantitative estimate of drug-likeness (QED) is 0.512. The maximum atomic E-state index is 12.3. The second-order valence-corrected chi connectivity index (χ2v) is 5.01. The molecule has 2 unspecified atom stereocenters. The fourth-order valence-corrected chi connectivity index (χ4v) is 2.46. The van der Waals surface area contributed by atoms with Gasteiger partial charge in [0.05, 0.1) is 10.0 Å². The van der Waals surface area contributed by atoms with Crippen LogP contribution in [0.2, 0.25) is 10.0 Å². The number of phenols is 1. The number of benzene rings is 2. The van der Waals surface area contributed by atoms with Crippen LogP contribution in [-0.4, -0.2) is 5.11 Å².